The summed E-state index contributed by atoms with van der Waals surface area (Å²) in [7, 11) is 0. The van der Waals surface area contributed by atoms with Crippen molar-refractivity contribution in [2.24, 2.45) is 0 Å². The Hall–Kier alpha value is -1.50. The van der Waals surface area contributed by atoms with Gasteiger partial charge in [0.05, 0.1) is 19.4 Å². The van der Waals surface area contributed by atoms with Gasteiger partial charge in [0, 0.05) is 0 Å². The second kappa shape index (κ2) is 13.9. The number of ether oxygens (including phenoxy) is 1. The maximum atomic E-state index is 11.2. The molecule has 0 aromatic heterocycles. The van der Waals surface area contributed by atoms with E-state index >= 15 is 0 Å². The Bertz CT molecular complexity index is 318. The minimum Gasteiger partial charge on any atom is -0.526 e. The Morgan fingerprint density at radius 1 is 1.05 bits per heavy atom. The molecule has 0 atom stereocenters. The predicted octanol–water partition coefficient (Wildman–Crippen LogP) is 4.77. The fourth-order valence-electron chi connectivity index (χ4n) is 1.96. The van der Waals surface area contributed by atoms with Crippen molar-refractivity contribution in [1.82, 2.24) is 0 Å². The molecule has 0 saturated carbocycles. The van der Waals surface area contributed by atoms with Crippen LogP contribution in [0.2, 0.25) is 0 Å². The summed E-state index contributed by atoms with van der Waals surface area (Å²) < 4.78 is 4.88. The average Bonchev–Trinajstić information content (AvgIpc) is 2.46. The van der Waals surface area contributed by atoms with Gasteiger partial charge < -0.3 is 9.84 Å². The summed E-state index contributed by atoms with van der Waals surface area (Å²) in [5.74, 6) is -0.738. The Labute approximate surface area is 122 Å². The Balaban J connectivity index is 3.29. The summed E-state index contributed by atoms with van der Waals surface area (Å²) >= 11 is 0. The van der Waals surface area contributed by atoms with Gasteiger partial charge in [-0.3, -0.25) is 4.79 Å². The van der Waals surface area contributed by atoms with E-state index < -0.39 is 5.97 Å². The molecule has 0 fully saturated rings. The molecule has 1 N–H and O–H groups in total. The minimum absolute atomic E-state index is 0.322. The minimum atomic E-state index is -0.738. The molecule has 0 radical (unpaired) electrons. The van der Waals surface area contributed by atoms with Gasteiger partial charge in [0.1, 0.15) is 0 Å². The number of aliphatic hydroxyl groups is 1. The smallest absolute Gasteiger partial charge is 0.339 e. The van der Waals surface area contributed by atoms with Crippen molar-refractivity contribution < 1.29 is 14.6 Å². The van der Waals surface area contributed by atoms with Crippen molar-refractivity contribution in [1.29, 1.82) is 0 Å². The first-order chi connectivity index (χ1) is 9.76. The summed E-state index contributed by atoms with van der Waals surface area (Å²) in [4.78, 5) is 14.1. The van der Waals surface area contributed by atoms with Gasteiger partial charge in [0.15, 0.2) is 0 Å². The van der Waals surface area contributed by atoms with Crippen molar-refractivity contribution in [2.75, 3.05) is 6.61 Å². The second-order valence-corrected chi connectivity index (χ2v) is 4.94. The molecular weight excluding hydrogens is 254 g/mol. The van der Waals surface area contributed by atoms with E-state index in [2.05, 4.69) is 11.8 Å². The number of carbonyl (C=O) groups is 1. The average molecular weight is 281 g/mol. The molecule has 4 nitrogen and oxygen atoms in total. The van der Waals surface area contributed by atoms with Crippen molar-refractivity contribution in [3.63, 3.8) is 0 Å². The quantitative estimate of drug-likeness (QED) is 0.184. The summed E-state index contributed by atoms with van der Waals surface area (Å²) in [6.45, 7) is 9.19. The third kappa shape index (κ3) is 10.4. The van der Waals surface area contributed by atoms with Gasteiger partial charge in [-0.05, 0) is 6.42 Å². The lowest BCUT2D eigenvalue weighted by molar-refractivity contribution is -0.138. The van der Waals surface area contributed by atoms with Crippen molar-refractivity contribution in [3.05, 3.63) is 23.4 Å². The highest BCUT2D eigenvalue weighted by Gasteiger charge is 2.10. The van der Waals surface area contributed by atoms with Crippen LogP contribution < -0.4 is 0 Å². The summed E-state index contributed by atoms with van der Waals surface area (Å²) in [5.41, 5.74) is -0.364. The van der Waals surface area contributed by atoms with E-state index in [1.807, 2.05) is 0 Å². The zero-order valence-corrected chi connectivity index (χ0v) is 12.6. The van der Waals surface area contributed by atoms with Crippen LogP contribution in [-0.4, -0.2) is 17.7 Å². The number of rotatable bonds is 12. The fourth-order valence-corrected chi connectivity index (χ4v) is 1.96. The van der Waals surface area contributed by atoms with Gasteiger partial charge >= 0.3 is 11.7 Å². The number of esters is 1. The van der Waals surface area contributed by atoms with Crippen LogP contribution >= 0.6 is 0 Å². The molecule has 0 unspecified atom stereocenters. The fraction of sp³-hybridized carbons (Fsp3) is 0.750. The standard InChI is InChI=1S/C16H27NO3/c1-3-4-5-6-7-8-9-10-11-12-13-20-16(19)15(14-18)17-2/h14,18H,3-13H2,1H3. The lowest BCUT2D eigenvalue weighted by Crippen LogP contribution is -2.07. The van der Waals surface area contributed by atoms with Crippen LogP contribution in [0.3, 0.4) is 0 Å². The molecular formula is C16H27NO3. The van der Waals surface area contributed by atoms with E-state index in [1.54, 1.807) is 0 Å². The Morgan fingerprint density at radius 3 is 2.00 bits per heavy atom. The monoisotopic (exact) mass is 281 g/mol. The molecule has 0 aliphatic heterocycles. The number of hydrogen-bond donors (Lipinski definition) is 1. The van der Waals surface area contributed by atoms with Gasteiger partial charge in [-0.2, -0.15) is 0 Å². The van der Waals surface area contributed by atoms with E-state index in [-0.39, 0.29) is 5.70 Å². The highest BCUT2D eigenvalue weighted by Crippen LogP contribution is 2.10. The molecule has 0 aliphatic rings. The molecule has 0 amide bonds. The number of aliphatic hydroxyl groups excluding tert-OH is 1. The van der Waals surface area contributed by atoms with Crippen LogP contribution in [0, 0.1) is 6.57 Å². The normalized spacial score (nSPS) is 11.1. The molecule has 0 aromatic rings. The molecule has 0 heterocycles. The maximum Gasteiger partial charge on any atom is 0.339 e. The van der Waals surface area contributed by atoms with E-state index in [4.69, 9.17) is 16.4 Å². The third-order valence-corrected chi connectivity index (χ3v) is 3.18. The third-order valence-electron chi connectivity index (χ3n) is 3.18. The SMILES string of the molecule is [C-]#[N+]C(=CO)C(=O)OCCCCCCCCCCCC. The molecule has 0 rings (SSSR count). The van der Waals surface area contributed by atoms with Crippen LogP contribution in [-0.2, 0) is 9.53 Å². The number of carbonyl (C=O) groups excluding carboxylic acids is 1. The van der Waals surface area contributed by atoms with E-state index in [9.17, 15) is 4.79 Å². The topological polar surface area (TPSA) is 50.9 Å². The number of hydrogen-bond acceptors (Lipinski definition) is 3. The molecule has 0 aliphatic carbocycles. The molecule has 0 bridgehead atoms. The van der Waals surface area contributed by atoms with Gasteiger partial charge in [-0.25, -0.2) is 4.85 Å². The van der Waals surface area contributed by atoms with Crippen LogP contribution in [0.15, 0.2) is 12.0 Å². The van der Waals surface area contributed by atoms with Gasteiger partial charge in [-0.15, -0.1) is 0 Å². The summed E-state index contributed by atoms with van der Waals surface area (Å²) in [6, 6.07) is 0. The molecule has 20 heavy (non-hydrogen) atoms. The Kier molecular flexibility index (Phi) is 12.9. The summed E-state index contributed by atoms with van der Waals surface area (Å²) in [6.07, 6.45) is 12.7. The van der Waals surface area contributed by atoms with Crippen molar-refractivity contribution in [3.8, 4) is 0 Å². The first-order valence-electron chi connectivity index (χ1n) is 7.65. The van der Waals surface area contributed by atoms with Crippen LogP contribution in [0.4, 0.5) is 0 Å². The zero-order valence-electron chi connectivity index (χ0n) is 12.6. The molecule has 0 aromatic carbocycles. The second-order valence-electron chi connectivity index (χ2n) is 4.94. The first-order valence-corrected chi connectivity index (χ1v) is 7.65. The molecule has 4 heteroatoms. The van der Waals surface area contributed by atoms with Gasteiger partial charge in [-0.1, -0.05) is 64.7 Å². The van der Waals surface area contributed by atoms with E-state index in [1.165, 1.54) is 44.9 Å². The maximum absolute atomic E-state index is 11.2. The Morgan fingerprint density at radius 2 is 1.55 bits per heavy atom. The van der Waals surface area contributed by atoms with Crippen LogP contribution in [0.25, 0.3) is 4.85 Å². The number of nitrogens with zero attached hydrogens (tertiary/aromatic N) is 1. The van der Waals surface area contributed by atoms with Crippen LogP contribution in [0.1, 0.15) is 71.1 Å². The van der Waals surface area contributed by atoms with E-state index in [0.29, 0.717) is 12.9 Å². The van der Waals surface area contributed by atoms with E-state index in [0.717, 1.165) is 19.3 Å². The van der Waals surface area contributed by atoms with Gasteiger partial charge in [0.25, 0.3) is 0 Å². The lowest BCUT2D eigenvalue weighted by atomic mass is 10.1. The first kappa shape index (κ1) is 18.5. The van der Waals surface area contributed by atoms with Gasteiger partial charge in [0.2, 0.25) is 0 Å². The van der Waals surface area contributed by atoms with Crippen molar-refractivity contribution in [2.45, 2.75) is 71.1 Å². The predicted molar refractivity (Wildman–Crippen MR) is 80.1 cm³/mol. The molecule has 0 saturated heterocycles. The highest BCUT2D eigenvalue weighted by molar-refractivity contribution is 5.89. The van der Waals surface area contributed by atoms with Crippen molar-refractivity contribution >= 4 is 5.97 Å². The molecule has 0 spiro atoms. The summed E-state index contributed by atoms with van der Waals surface area (Å²) in [5, 5.41) is 8.60. The lowest BCUT2D eigenvalue weighted by Gasteiger charge is -2.04. The largest absolute Gasteiger partial charge is 0.526 e. The van der Waals surface area contributed by atoms with Crippen LogP contribution in [0.5, 0.6) is 0 Å². The number of unbranched alkanes of at least 4 members (excludes halogenated alkanes) is 9. The zero-order chi connectivity index (χ0) is 15.1. The highest BCUT2D eigenvalue weighted by atomic mass is 16.5. The molecule has 114 valence electrons.